The van der Waals surface area contributed by atoms with Crippen LogP contribution >= 0.6 is 23.4 Å². The molecule has 0 N–H and O–H groups in total. The molecular weight excluding hydrogens is 296 g/mol. The van der Waals surface area contributed by atoms with E-state index in [0.29, 0.717) is 22.9 Å². The van der Waals surface area contributed by atoms with E-state index in [1.807, 2.05) is 31.3 Å². The van der Waals surface area contributed by atoms with Crippen molar-refractivity contribution in [1.82, 2.24) is 9.78 Å². The van der Waals surface area contributed by atoms with E-state index in [1.54, 1.807) is 29.6 Å². The first-order valence-electron chi connectivity index (χ1n) is 6.18. The summed E-state index contributed by atoms with van der Waals surface area (Å²) < 4.78 is 6.72. The highest BCUT2D eigenvalue weighted by atomic mass is 35.5. The van der Waals surface area contributed by atoms with Crippen molar-refractivity contribution in [3.8, 4) is 0 Å². The number of aryl methyl sites for hydroxylation is 1. The number of hydrogen-bond donors (Lipinski definition) is 0. The Kier molecular flexibility index (Phi) is 5.09. The molecule has 0 radical (unpaired) electrons. The SMILES string of the molecule is CCOC(=O)c1cnn(C)c1CSc1ccccc1Cl. The second kappa shape index (κ2) is 6.81. The molecular formula is C14H15ClN2O2S. The molecule has 0 atom stereocenters. The molecule has 0 saturated carbocycles. The molecule has 0 aliphatic rings. The highest BCUT2D eigenvalue weighted by Crippen LogP contribution is 2.30. The molecule has 0 aliphatic heterocycles. The lowest BCUT2D eigenvalue weighted by molar-refractivity contribution is 0.0525. The number of halogens is 1. The minimum atomic E-state index is -0.338. The van der Waals surface area contributed by atoms with E-state index in [2.05, 4.69) is 5.10 Å². The fourth-order valence-corrected chi connectivity index (χ4v) is 3.04. The van der Waals surface area contributed by atoms with Crippen molar-refractivity contribution in [2.75, 3.05) is 6.61 Å². The maximum absolute atomic E-state index is 11.8. The van der Waals surface area contributed by atoms with Gasteiger partial charge in [0.05, 0.1) is 23.5 Å². The maximum atomic E-state index is 11.8. The number of carbonyl (C=O) groups is 1. The van der Waals surface area contributed by atoms with Crippen LogP contribution in [0.1, 0.15) is 23.0 Å². The number of nitrogens with zero attached hydrogens (tertiary/aromatic N) is 2. The van der Waals surface area contributed by atoms with Crippen LogP contribution in [0.15, 0.2) is 35.4 Å². The molecule has 106 valence electrons. The zero-order valence-electron chi connectivity index (χ0n) is 11.3. The van der Waals surface area contributed by atoms with Gasteiger partial charge in [-0.05, 0) is 19.1 Å². The summed E-state index contributed by atoms with van der Waals surface area (Å²) in [4.78, 5) is 12.8. The van der Waals surface area contributed by atoms with Crippen LogP contribution in [0.4, 0.5) is 0 Å². The number of esters is 1. The Balaban J connectivity index is 2.15. The molecule has 2 aromatic rings. The van der Waals surface area contributed by atoms with Crippen molar-refractivity contribution in [2.45, 2.75) is 17.6 Å². The Morgan fingerprint density at radius 3 is 2.90 bits per heavy atom. The number of benzene rings is 1. The predicted molar refractivity (Wildman–Crippen MR) is 80.2 cm³/mol. The summed E-state index contributed by atoms with van der Waals surface area (Å²) in [5.41, 5.74) is 1.34. The molecule has 0 amide bonds. The lowest BCUT2D eigenvalue weighted by Gasteiger charge is -2.07. The summed E-state index contributed by atoms with van der Waals surface area (Å²) in [5, 5.41) is 4.83. The Morgan fingerprint density at radius 2 is 2.20 bits per heavy atom. The van der Waals surface area contributed by atoms with E-state index in [4.69, 9.17) is 16.3 Å². The molecule has 1 aromatic heterocycles. The van der Waals surface area contributed by atoms with Gasteiger partial charge in [0, 0.05) is 17.7 Å². The third-order valence-electron chi connectivity index (χ3n) is 2.76. The molecule has 1 heterocycles. The van der Waals surface area contributed by atoms with Crippen molar-refractivity contribution in [3.63, 3.8) is 0 Å². The molecule has 2 rings (SSSR count). The van der Waals surface area contributed by atoms with Gasteiger partial charge in [0.25, 0.3) is 0 Å². The minimum absolute atomic E-state index is 0.338. The number of aromatic nitrogens is 2. The van der Waals surface area contributed by atoms with E-state index < -0.39 is 0 Å². The third kappa shape index (κ3) is 3.35. The predicted octanol–water partition coefficient (Wildman–Crippen LogP) is 3.54. The van der Waals surface area contributed by atoms with Crippen molar-refractivity contribution in [2.24, 2.45) is 7.05 Å². The first-order chi connectivity index (χ1) is 9.63. The van der Waals surface area contributed by atoms with Crippen LogP contribution in [-0.4, -0.2) is 22.4 Å². The molecule has 0 bridgehead atoms. The van der Waals surface area contributed by atoms with E-state index in [-0.39, 0.29) is 5.97 Å². The Morgan fingerprint density at radius 1 is 1.45 bits per heavy atom. The van der Waals surface area contributed by atoms with Crippen molar-refractivity contribution in [1.29, 1.82) is 0 Å². The Hall–Kier alpha value is -1.46. The van der Waals surface area contributed by atoms with Gasteiger partial charge in [0.15, 0.2) is 0 Å². The number of thioether (sulfide) groups is 1. The van der Waals surface area contributed by atoms with Gasteiger partial charge in [-0.2, -0.15) is 5.10 Å². The van der Waals surface area contributed by atoms with Crippen LogP contribution in [-0.2, 0) is 17.5 Å². The number of rotatable bonds is 5. The lowest BCUT2D eigenvalue weighted by Crippen LogP contribution is -2.08. The zero-order chi connectivity index (χ0) is 14.5. The van der Waals surface area contributed by atoms with Crippen molar-refractivity contribution >= 4 is 29.3 Å². The average molecular weight is 311 g/mol. The number of carbonyl (C=O) groups excluding carboxylic acids is 1. The molecule has 0 unspecified atom stereocenters. The summed E-state index contributed by atoms with van der Waals surface area (Å²) in [6.07, 6.45) is 1.54. The van der Waals surface area contributed by atoms with Crippen molar-refractivity contribution < 1.29 is 9.53 Å². The van der Waals surface area contributed by atoms with Gasteiger partial charge < -0.3 is 4.74 Å². The molecule has 4 nitrogen and oxygen atoms in total. The molecule has 6 heteroatoms. The normalized spacial score (nSPS) is 10.6. The lowest BCUT2D eigenvalue weighted by atomic mass is 10.3. The molecule has 0 aliphatic carbocycles. The van der Waals surface area contributed by atoms with E-state index in [0.717, 1.165) is 10.6 Å². The van der Waals surface area contributed by atoms with Crippen molar-refractivity contribution in [3.05, 3.63) is 46.7 Å². The smallest absolute Gasteiger partial charge is 0.341 e. The quantitative estimate of drug-likeness (QED) is 0.626. The van der Waals surface area contributed by atoms with Gasteiger partial charge in [-0.3, -0.25) is 4.68 Å². The number of hydrogen-bond acceptors (Lipinski definition) is 4. The third-order valence-corrected chi connectivity index (χ3v) is 4.28. The van der Waals surface area contributed by atoms with E-state index in [1.165, 1.54) is 0 Å². The van der Waals surface area contributed by atoms with Gasteiger partial charge in [-0.25, -0.2) is 4.79 Å². The fourth-order valence-electron chi connectivity index (χ4n) is 1.72. The summed E-state index contributed by atoms with van der Waals surface area (Å²) in [6.45, 7) is 2.14. The molecule has 1 aromatic carbocycles. The largest absolute Gasteiger partial charge is 0.462 e. The van der Waals surface area contributed by atoms with Gasteiger partial charge in [-0.15, -0.1) is 11.8 Å². The van der Waals surface area contributed by atoms with Crippen LogP contribution in [0.2, 0.25) is 5.02 Å². The Bertz CT molecular complexity index is 613. The highest BCUT2D eigenvalue weighted by molar-refractivity contribution is 7.98. The summed E-state index contributed by atoms with van der Waals surface area (Å²) in [7, 11) is 1.81. The van der Waals surface area contributed by atoms with E-state index in [9.17, 15) is 4.79 Å². The first-order valence-corrected chi connectivity index (χ1v) is 7.55. The second-order valence-corrected chi connectivity index (χ2v) is 5.49. The summed E-state index contributed by atoms with van der Waals surface area (Å²) >= 11 is 7.69. The van der Waals surface area contributed by atoms with Crippen LogP contribution in [0, 0.1) is 0 Å². The summed E-state index contributed by atoms with van der Waals surface area (Å²) in [6, 6.07) is 7.62. The minimum Gasteiger partial charge on any atom is -0.462 e. The first kappa shape index (κ1) is 14.9. The van der Waals surface area contributed by atoms with Crippen LogP contribution in [0.5, 0.6) is 0 Å². The van der Waals surface area contributed by atoms with Crippen LogP contribution < -0.4 is 0 Å². The molecule has 0 saturated heterocycles. The zero-order valence-corrected chi connectivity index (χ0v) is 12.9. The second-order valence-electron chi connectivity index (χ2n) is 4.07. The van der Waals surface area contributed by atoms with Gasteiger partial charge in [0.2, 0.25) is 0 Å². The average Bonchev–Trinajstić information content (AvgIpc) is 2.79. The van der Waals surface area contributed by atoms with Gasteiger partial charge >= 0.3 is 5.97 Å². The van der Waals surface area contributed by atoms with Gasteiger partial charge in [-0.1, -0.05) is 23.7 Å². The molecule has 0 spiro atoms. The maximum Gasteiger partial charge on any atom is 0.341 e. The topological polar surface area (TPSA) is 44.1 Å². The molecule has 0 fully saturated rings. The Labute approximate surface area is 127 Å². The molecule has 20 heavy (non-hydrogen) atoms. The van der Waals surface area contributed by atoms with Gasteiger partial charge in [0.1, 0.15) is 5.56 Å². The monoisotopic (exact) mass is 310 g/mol. The fraction of sp³-hybridized carbons (Fsp3) is 0.286. The number of ether oxygens (including phenoxy) is 1. The standard InChI is InChI=1S/C14H15ClN2O2S/c1-3-19-14(18)10-8-16-17(2)12(10)9-20-13-7-5-4-6-11(13)15/h4-8H,3,9H2,1-2H3. The van der Waals surface area contributed by atoms with Crippen LogP contribution in [0.25, 0.3) is 0 Å². The highest BCUT2D eigenvalue weighted by Gasteiger charge is 2.17. The van der Waals surface area contributed by atoms with Crippen LogP contribution in [0.3, 0.4) is 0 Å². The van der Waals surface area contributed by atoms with E-state index >= 15 is 0 Å². The summed E-state index contributed by atoms with van der Waals surface area (Å²) in [5.74, 6) is 0.268.